The molecule has 0 saturated heterocycles. The number of rotatable bonds is 4. The van der Waals surface area contributed by atoms with E-state index in [-0.39, 0.29) is 12.1 Å². The smallest absolute Gasteiger partial charge is 0.258 e. The number of amides is 1. The number of ether oxygens (including phenoxy) is 2. The molecule has 1 N–H and O–H groups in total. The third-order valence-corrected chi connectivity index (χ3v) is 5.52. The van der Waals surface area contributed by atoms with Crippen molar-refractivity contribution in [1.82, 2.24) is 14.7 Å². The maximum absolute atomic E-state index is 13.2. The van der Waals surface area contributed by atoms with Crippen LogP contribution in [0.2, 0.25) is 0 Å². The average molecular weight is 416 g/mol. The summed E-state index contributed by atoms with van der Waals surface area (Å²) >= 11 is 0. The Morgan fingerprint density at radius 1 is 1.19 bits per heavy atom. The molecule has 3 aromatic rings. The highest BCUT2D eigenvalue weighted by Crippen LogP contribution is 2.39. The third kappa shape index (κ3) is 3.42. The van der Waals surface area contributed by atoms with Crippen molar-refractivity contribution >= 4 is 11.6 Å². The molecule has 1 aromatic heterocycles. The van der Waals surface area contributed by atoms with E-state index < -0.39 is 0 Å². The van der Waals surface area contributed by atoms with Gasteiger partial charge >= 0.3 is 0 Å². The molecule has 0 fully saturated rings. The van der Waals surface area contributed by atoms with Crippen molar-refractivity contribution in [3.8, 4) is 22.8 Å². The minimum Gasteiger partial charge on any atom is -0.490 e. The van der Waals surface area contributed by atoms with Gasteiger partial charge in [0, 0.05) is 43.0 Å². The molecule has 3 heterocycles. The molecule has 2 aromatic carbocycles. The summed E-state index contributed by atoms with van der Waals surface area (Å²) in [5.41, 5.74) is 4.07. The van der Waals surface area contributed by atoms with Crippen LogP contribution in [0.1, 0.15) is 28.5 Å². The first kappa shape index (κ1) is 19.2. The van der Waals surface area contributed by atoms with E-state index in [0.29, 0.717) is 31.1 Å². The number of nitrogens with zero attached hydrogens (tertiary/aromatic N) is 3. The second-order valence-corrected chi connectivity index (χ2v) is 7.66. The molecular formula is C24H24N4O3. The van der Waals surface area contributed by atoms with Gasteiger partial charge in [0.25, 0.3) is 5.91 Å². The van der Waals surface area contributed by atoms with Gasteiger partial charge in [0.1, 0.15) is 6.17 Å². The molecule has 0 saturated carbocycles. The van der Waals surface area contributed by atoms with E-state index >= 15 is 0 Å². The molecule has 0 aliphatic carbocycles. The van der Waals surface area contributed by atoms with E-state index in [9.17, 15) is 4.79 Å². The monoisotopic (exact) mass is 416 g/mol. The lowest BCUT2D eigenvalue weighted by Crippen LogP contribution is -2.43. The molecule has 7 nitrogen and oxygen atoms in total. The van der Waals surface area contributed by atoms with Gasteiger partial charge in [-0.05, 0) is 30.3 Å². The number of hydrogen-bond donors (Lipinski definition) is 1. The predicted octanol–water partition coefficient (Wildman–Crippen LogP) is 4.00. The number of fused-ring (bicyclic) bond motifs is 2. The highest BCUT2D eigenvalue weighted by atomic mass is 16.5. The first-order chi connectivity index (χ1) is 15.2. The topological polar surface area (TPSA) is 68.6 Å². The zero-order valence-corrected chi connectivity index (χ0v) is 17.4. The van der Waals surface area contributed by atoms with Crippen molar-refractivity contribution in [1.29, 1.82) is 0 Å². The number of carbonyl (C=O) groups is 1. The number of nitrogens with one attached hydrogen (secondary N) is 1. The number of aromatic nitrogens is 2. The van der Waals surface area contributed by atoms with E-state index in [0.717, 1.165) is 34.7 Å². The molecule has 2 aliphatic rings. The minimum absolute atomic E-state index is 0.0345. The molecule has 7 heteroatoms. The van der Waals surface area contributed by atoms with Crippen LogP contribution in [0.15, 0.2) is 61.3 Å². The summed E-state index contributed by atoms with van der Waals surface area (Å²) in [4.78, 5) is 15.0. The van der Waals surface area contributed by atoms with E-state index in [1.807, 2.05) is 55.7 Å². The van der Waals surface area contributed by atoms with Gasteiger partial charge in [-0.1, -0.05) is 18.2 Å². The number of carbonyl (C=O) groups excluding carboxylic acids is 1. The Morgan fingerprint density at radius 2 is 2.00 bits per heavy atom. The molecule has 0 bridgehead atoms. The molecule has 31 heavy (non-hydrogen) atoms. The zero-order valence-electron chi connectivity index (χ0n) is 17.4. The predicted molar refractivity (Wildman–Crippen MR) is 118 cm³/mol. The van der Waals surface area contributed by atoms with Crippen LogP contribution >= 0.6 is 0 Å². The largest absolute Gasteiger partial charge is 0.490 e. The summed E-state index contributed by atoms with van der Waals surface area (Å²) in [6.45, 7) is 5.52. The molecule has 1 atom stereocenters. The fourth-order valence-corrected chi connectivity index (χ4v) is 4.11. The molecular weight excluding hydrogens is 392 g/mol. The van der Waals surface area contributed by atoms with Gasteiger partial charge in [-0.15, -0.1) is 6.58 Å². The lowest BCUT2D eigenvalue weighted by atomic mass is 10.0. The molecule has 5 rings (SSSR count). The van der Waals surface area contributed by atoms with E-state index in [1.165, 1.54) is 0 Å². The number of hydrogen-bond acceptors (Lipinski definition) is 5. The van der Waals surface area contributed by atoms with Gasteiger partial charge in [0.2, 0.25) is 0 Å². The summed E-state index contributed by atoms with van der Waals surface area (Å²) in [5, 5.41) is 8.24. The van der Waals surface area contributed by atoms with Crippen LogP contribution in [0.4, 0.5) is 5.69 Å². The molecule has 1 amide bonds. The zero-order chi connectivity index (χ0) is 21.4. The maximum Gasteiger partial charge on any atom is 0.258 e. The number of benzene rings is 2. The lowest BCUT2D eigenvalue weighted by molar-refractivity contribution is 0.0708. The first-order valence-corrected chi connectivity index (χ1v) is 10.4. The summed E-state index contributed by atoms with van der Waals surface area (Å²) in [6.07, 6.45) is 4.17. The standard InChI is InChI=1S/C24H24N4O3/c1-3-11-28-23(25-19-8-5-4-7-17(19)24(28)29)18-15-27(2)26-22(18)16-9-10-20-21(14-16)31-13-6-12-30-20/h3-5,7-10,14-15,23,25H,1,6,11-13H2,2H3. The number of anilines is 1. The van der Waals surface area contributed by atoms with Gasteiger partial charge in [-0.3, -0.25) is 9.48 Å². The van der Waals surface area contributed by atoms with Crippen LogP contribution in [0.25, 0.3) is 11.3 Å². The highest BCUT2D eigenvalue weighted by Gasteiger charge is 2.34. The molecule has 1 unspecified atom stereocenters. The van der Waals surface area contributed by atoms with Gasteiger partial charge in [-0.25, -0.2) is 0 Å². The SMILES string of the molecule is C=CCN1C(=O)c2ccccc2NC1c1cn(C)nc1-c1ccc2c(c1)OCCCO2. The van der Waals surface area contributed by atoms with Crippen molar-refractivity contribution < 1.29 is 14.3 Å². The second-order valence-electron chi connectivity index (χ2n) is 7.66. The Balaban J connectivity index is 1.59. The van der Waals surface area contributed by atoms with E-state index in [4.69, 9.17) is 14.6 Å². The Labute approximate surface area is 180 Å². The molecule has 158 valence electrons. The van der Waals surface area contributed by atoms with Crippen LogP contribution in [-0.4, -0.2) is 40.3 Å². The van der Waals surface area contributed by atoms with Gasteiger partial charge in [0.05, 0.1) is 24.5 Å². The third-order valence-electron chi connectivity index (χ3n) is 5.52. The fraction of sp³-hybridized carbons (Fsp3) is 0.250. The Morgan fingerprint density at radius 3 is 2.84 bits per heavy atom. The van der Waals surface area contributed by atoms with Crippen molar-refractivity contribution in [3.63, 3.8) is 0 Å². The molecule has 0 spiro atoms. The van der Waals surface area contributed by atoms with Crippen LogP contribution in [0.3, 0.4) is 0 Å². The van der Waals surface area contributed by atoms with Gasteiger partial charge in [0.15, 0.2) is 11.5 Å². The molecule has 0 radical (unpaired) electrons. The van der Waals surface area contributed by atoms with Crippen LogP contribution in [-0.2, 0) is 7.05 Å². The van der Waals surface area contributed by atoms with Gasteiger partial charge < -0.3 is 19.7 Å². The van der Waals surface area contributed by atoms with Crippen molar-refractivity contribution in [3.05, 3.63) is 72.4 Å². The minimum atomic E-state index is -0.375. The molecule has 2 aliphatic heterocycles. The maximum atomic E-state index is 13.2. The normalized spacial score (nSPS) is 17.5. The highest BCUT2D eigenvalue weighted by molar-refractivity contribution is 6.02. The summed E-state index contributed by atoms with van der Waals surface area (Å²) in [7, 11) is 1.88. The fourth-order valence-electron chi connectivity index (χ4n) is 4.11. The lowest BCUT2D eigenvalue weighted by Gasteiger charge is -2.37. The van der Waals surface area contributed by atoms with Crippen LogP contribution in [0.5, 0.6) is 11.5 Å². The van der Waals surface area contributed by atoms with Crippen molar-refractivity contribution in [2.45, 2.75) is 12.6 Å². The van der Waals surface area contributed by atoms with E-state index in [2.05, 4.69) is 11.9 Å². The average Bonchev–Trinajstić information content (AvgIpc) is 3.01. The Kier molecular flexibility index (Phi) is 4.86. The number of para-hydroxylation sites is 1. The van der Waals surface area contributed by atoms with Crippen LogP contribution < -0.4 is 14.8 Å². The van der Waals surface area contributed by atoms with E-state index in [1.54, 1.807) is 15.7 Å². The summed E-state index contributed by atoms with van der Waals surface area (Å²) in [6, 6.07) is 13.4. The van der Waals surface area contributed by atoms with Crippen LogP contribution in [0, 0.1) is 0 Å². The second kappa shape index (κ2) is 7.83. The number of aryl methyl sites for hydroxylation is 1. The Hall–Kier alpha value is -3.74. The van der Waals surface area contributed by atoms with Gasteiger partial charge in [-0.2, -0.15) is 5.10 Å². The first-order valence-electron chi connectivity index (χ1n) is 10.4. The summed E-state index contributed by atoms with van der Waals surface area (Å²) < 4.78 is 13.4. The Bertz CT molecular complexity index is 1150. The van der Waals surface area contributed by atoms with Crippen molar-refractivity contribution in [2.24, 2.45) is 7.05 Å². The van der Waals surface area contributed by atoms with Crippen molar-refractivity contribution in [2.75, 3.05) is 25.1 Å². The summed E-state index contributed by atoms with van der Waals surface area (Å²) in [5.74, 6) is 1.42. The quantitative estimate of drug-likeness (QED) is 0.651.